The molecule has 0 saturated carbocycles. The lowest BCUT2D eigenvalue weighted by molar-refractivity contribution is 0.313. The Bertz CT molecular complexity index is 713. The molecule has 1 aliphatic rings. The number of benzene rings is 2. The largest absolute Gasteiger partial charge is 0.496 e. The van der Waals surface area contributed by atoms with Crippen LogP contribution in [0.2, 0.25) is 5.02 Å². The van der Waals surface area contributed by atoms with Gasteiger partial charge in [0.15, 0.2) is 0 Å². The minimum absolute atomic E-state index is 0.767. The zero-order valence-corrected chi connectivity index (χ0v) is 14.4. The van der Waals surface area contributed by atoms with Gasteiger partial charge in [0.25, 0.3) is 0 Å². The Kier molecular flexibility index (Phi) is 5.04. The molecule has 1 aliphatic heterocycles. The van der Waals surface area contributed by atoms with Crippen molar-refractivity contribution in [1.29, 1.82) is 0 Å². The third-order valence-corrected chi connectivity index (χ3v) is 4.67. The molecule has 1 heterocycles. The molecule has 0 radical (unpaired) electrons. The van der Waals surface area contributed by atoms with Crippen molar-refractivity contribution in [2.75, 3.05) is 27.2 Å². The fraction of sp³-hybridized carbons (Fsp3) is 0.300. The number of hydrogen-bond donors (Lipinski definition) is 0. The summed E-state index contributed by atoms with van der Waals surface area (Å²) in [4.78, 5) is 2.38. The van der Waals surface area contributed by atoms with Crippen molar-refractivity contribution in [3.63, 3.8) is 0 Å². The minimum Gasteiger partial charge on any atom is -0.496 e. The van der Waals surface area contributed by atoms with E-state index in [0.717, 1.165) is 42.3 Å². The van der Waals surface area contributed by atoms with E-state index in [0.29, 0.717) is 0 Å². The number of nitrogens with zero attached hydrogens (tertiary/aromatic N) is 1. The highest BCUT2D eigenvalue weighted by Gasteiger charge is 2.19. The molecule has 0 amide bonds. The molecule has 1 saturated heterocycles. The summed E-state index contributed by atoms with van der Waals surface area (Å²) in [6.45, 7) is 2.18. The maximum absolute atomic E-state index is 6.25. The molecule has 0 atom stereocenters. The maximum Gasteiger partial charge on any atom is 0.126 e. The fourth-order valence-corrected chi connectivity index (χ4v) is 3.37. The molecule has 120 valence electrons. The van der Waals surface area contributed by atoms with Crippen LogP contribution in [0.15, 0.2) is 54.1 Å². The second-order valence-electron chi connectivity index (χ2n) is 5.99. The van der Waals surface area contributed by atoms with E-state index in [9.17, 15) is 0 Å². The summed E-state index contributed by atoms with van der Waals surface area (Å²) in [5.74, 6) is 0.911. The molecule has 2 aromatic carbocycles. The number of rotatable bonds is 3. The zero-order chi connectivity index (χ0) is 16.2. The minimum atomic E-state index is 0.767. The van der Waals surface area contributed by atoms with Crippen LogP contribution in [0.1, 0.15) is 24.0 Å². The summed E-state index contributed by atoms with van der Waals surface area (Å²) >= 11 is 6.25. The van der Waals surface area contributed by atoms with Crippen LogP contribution in [-0.2, 0) is 0 Å². The van der Waals surface area contributed by atoms with Crippen molar-refractivity contribution in [2.24, 2.45) is 0 Å². The van der Waals surface area contributed by atoms with Crippen LogP contribution in [0.3, 0.4) is 0 Å². The molecule has 2 aromatic rings. The van der Waals surface area contributed by atoms with Gasteiger partial charge in [-0.15, -0.1) is 0 Å². The Balaban J connectivity index is 2.16. The van der Waals surface area contributed by atoms with Crippen molar-refractivity contribution in [3.05, 3.63) is 70.3 Å². The predicted molar refractivity (Wildman–Crippen MR) is 97.2 cm³/mol. The Morgan fingerprint density at radius 3 is 2.48 bits per heavy atom. The second-order valence-corrected chi connectivity index (χ2v) is 6.43. The molecule has 0 N–H and O–H groups in total. The van der Waals surface area contributed by atoms with Gasteiger partial charge in [0.1, 0.15) is 5.75 Å². The van der Waals surface area contributed by atoms with Crippen molar-refractivity contribution >= 4 is 17.2 Å². The van der Waals surface area contributed by atoms with E-state index in [1.165, 1.54) is 16.7 Å². The molecule has 3 rings (SSSR count). The van der Waals surface area contributed by atoms with Gasteiger partial charge >= 0.3 is 0 Å². The SMILES string of the molecule is COc1ccccc1C(=C1CCN(C)CC1)c1cccc(Cl)c1. The van der Waals surface area contributed by atoms with Gasteiger partial charge in [-0.3, -0.25) is 0 Å². The van der Waals surface area contributed by atoms with E-state index in [-0.39, 0.29) is 0 Å². The number of hydrogen-bond acceptors (Lipinski definition) is 2. The van der Waals surface area contributed by atoms with Gasteiger partial charge in [-0.2, -0.15) is 0 Å². The lowest BCUT2D eigenvalue weighted by Gasteiger charge is -2.27. The van der Waals surface area contributed by atoms with Crippen molar-refractivity contribution in [2.45, 2.75) is 12.8 Å². The molecule has 0 bridgehead atoms. The highest BCUT2D eigenvalue weighted by molar-refractivity contribution is 6.30. The predicted octanol–water partition coefficient (Wildman–Crippen LogP) is 4.88. The molecule has 0 aromatic heterocycles. The molecule has 0 unspecified atom stereocenters. The van der Waals surface area contributed by atoms with Crippen LogP contribution in [-0.4, -0.2) is 32.1 Å². The summed E-state index contributed by atoms with van der Waals surface area (Å²) in [5, 5.41) is 0.767. The number of halogens is 1. The fourth-order valence-electron chi connectivity index (χ4n) is 3.18. The van der Waals surface area contributed by atoms with Gasteiger partial charge in [0.05, 0.1) is 7.11 Å². The van der Waals surface area contributed by atoms with E-state index in [4.69, 9.17) is 16.3 Å². The summed E-state index contributed by atoms with van der Waals surface area (Å²) in [6, 6.07) is 16.4. The average Bonchev–Trinajstić information content (AvgIpc) is 2.57. The molecule has 2 nitrogen and oxygen atoms in total. The average molecular weight is 328 g/mol. The number of methoxy groups -OCH3 is 1. The van der Waals surface area contributed by atoms with E-state index >= 15 is 0 Å². The smallest absolute Gasteiger partial charge is 0.126 e. The molecule has 1 fully saturated rings. The standard InChI is InChI=1S/C20H22ClNO/c1-22-12-10-15(11-13-22)20(16-6-5-7-17(21)14-16)18-8-3-4-9-19(18)23-2/h3-9,14H,10-13H2,1-2H3. The first-order valence-corrected chi connectivity index (χ1v) is 8.36. The quantitative estimate of drug-likeness (QED) is 0.797. The Morgan fingerprint density at radius 1 is 1.04 bits per heavy atom. The normalized spacial score (nSPS) is 15.5. The van der Waals surface area contributed by atoms with Crippen molar-refractivity contribution in [3.8, 4) is 5.75 Å². The molecule has 23 heavy (non-hydrogen) atoms. The van der Waals surface area contributed by atoms with Crippen LogP contribution in [0.25, 0.3) is 5.57 Å². The van der Waals surface area contributed by atoms with Crippen LogP contribution in [0.5, 0.6) is 5.75 Å². The van der Waals surface area contributed by atoms with E-state index in [1.807, 2.05) is 24.3 Å². The van der Waals surface area contributed by atoms with E-state index < -0.39 is 0 Å². The number of piperidine rings is 1. The molecular formula is C20H22ClNO. The highest BCUT2D eigenvalue weighted by atomic mass is 35.5. The number of ether oxygens (including phenoxy) is 1. The van der Waals surface area contributed by atoms with Gasteiger partial charge in [-0.05, 0) is 49.2 Å². The summed E-state index contributed by atoms with van der Waals surface area (Å²) in [5.41, 5.74) is 5.08. The van der Waals surface area contributed by atoms with Gasteiger partial charge in [-0.1, -0.05) is 47.5 Å². The van der Waals surface area contributed by atoms with E-state index in [2.05, 4.69) is 36.2 Å². The lowest BCUT2D eigenvalue weighted by Crippen LogP contribution is -2.27. The Hall–Kier alpha value is -1.77. The van der Waals surface area contributed by atoms with Gasteiger partial charge in [0.2, 0.25) is 0 Å². The van der Waals surface area contributed by atoms with Gasteiger partial charge in [-0.25, -0.2) is 0 Å². The molecule has 3 heteroatoms. The van der Waals surface area contributed by atoms with Crippen molar-refractivity contribution < 1.29 is 4.74 Å². The first-order valence-electron chi connectivity index (χ1n) is 7.99. The molecular weight excluding hydrogens is 306 g/mol. The summed E-state index contributed by atoms with van der Waals surface area (Å²) in [7, 11) is 3.91. The lowest BCUT2D eigenvalue weighted by atomic mass is 9.88. The summed E-state index contributed by atoms with van der Waals surface area (Å²) in [6.07, 6.45) is 2.16. The third kappa shape index (κ3) is 3.60. The monoisotopic (exact) mass is 327 g/mol. The van der Waals surface area contributed by atoms with Crippen LogP contribution in [0.4, 0.5) is 0 Å². The first kappa shape index (κ1) is 16.1. The van der Waals surface area contributed by atoms with Crippen LogP contribution < -0.4 is 4.74 Å². The Morgan fingerprint density at radius 2 is 1.78 bits per heavy atom. The zero-order valence-electron chi connectivity index (χ0n) is 13.7. The number of likely N-dealkylation sites (tertiary alicyclic amines) is 1. The van der Waals surface area contributed by atoms with Gasteiger partial charge in [0, 0.05) is 23.7 Å². The topological polar surface area (TPSA) is 12.5 Å². The number of para-hydroxylation sites is 1. The van der Waals surface area contributed by atoms with Crippen LogP contribution >= 0.6 is 11.6 Å². The molecule has 0 spiro atoms. The maximum atomic E-state index is 6.25. The summed E-state index contributed by atoms with van der Waals surface area (Å²) < 4.78 is 5.61. The van der Waals surface area contributed by atoms with E-state index in [1.54, 1.807) is 7.11 Å². The first-order chi connectivity index (χ1) is 11.2. The Labute approximate surface area is 143 Å². The third-order valence-electron chi connectivity index (χ3n) is 4.43. The second kappa shape index (κ2) is 7.20. The van der Waals surface area contributed by atoms with Gasteiger partial charge < -0.3 is 9.64 Å². The highest BCUT2D eigenvalue weighted by Crippen LogP contribution is 2.37. The van der Waals surface area contributed by atoms with Crippen molar-refractivity contribution in [1.82, 2.24) is 4.90 Å². The molecule has 0 aliphatic carbocycles. The van der Waals surface area contributed by atoms with Crippen LogP contribution in [0, 0.1) is 0 Å².